The molecule has 1 aliphatic carbocycles. The summed E-state index contributed by atoms with van der Waals surface area (Å²) in [7, 11) is -3.76. The predicted octanol–water partition coefficient (Wildman–Crippen LogP) is 5.25. The summed E-state index contributed by atoms with van der Waals surface area (Å²) in [6, 6.07) is 10.1. The quantitative estimate of drug-likeness (QED) is 0.414. The number of fused-ring (bicyclic) bond motifs is 1. The number of sulfone groups is 1. The second kappa shape index (κ2) is 7.13. The Balaban J connectivity index is 1.59. The van der Waals surface area contributed by atoms with E-state index in [1.54, 1.807) is 0 Å². The van der Waals surface area contributed by atoms with E-state index < -0.39 is 21.6 Å². The summed E-state index contributed by atoms with van der Waals surface area (Å²) in [6.45, 7) is 0. The van der Waals surface area contributed by atoms with E-state index >= 15 is 0 Å². The maximum atomic E-state index is 13.0. The van der Waals surface area contributed by atoms with Gasteiger partial charge in [-0.2, -0.15) is 13.2 Å². The third-order valence-electron chi connectivity index (χ3n) is 5.32. The van der Waals surface area contributed by atoms with Gasteiger partial charge in [-0.05, 0) is 42.0 Å². The summed E-state index contributed by atoms with van der Waals surface area (Å²) in [4.78, 5) is 11.8. The minimum atomic E-state index is -4.59. The molecule has 1 saturated carbocycles. The average molecular weight is 459 g/mol. The first-order chi connectivity index (χ1) is 15.1. The third-order valence-corrected chi connectivity index (χ3v) is 6.43. The van der Waals surface area contributed by atoms with Crippen LogP contribution in [0.1, 0.15) is 29.9 Å². The van der Waals surface area contributed by atoms with Crippen molar-refractivity contribution >= 4 is 21.1 Å². The molecule has 0 N–H and O–H groups in total. The fraction of sp³-hybridized carbons (Fsp3) is 0.227. The lowest BCUT2D eigenvalue weighted by molar-refractivity contribution is -0.137. The van der Waals surface area contributed by atoms with E-state index in [1.807, 2.05) is 24.3 Å². The minimum Gasteiger partial charge on any atom is -0.416 e. The summed E-state index contributed by atoms with van der Waals surface area (Å²) < 4.78 is 69.3. The van der Waals surface area contributed by atoms with E-state index in [4.69, 9.17) is 4.42 Å². The minimum absolute atomic E-state index is 0.0857. The Morgan fingerprint density at radius 2 is 1.72 bits per heavy atom. The Morgan fingerprint density at radius 1 is 1.00 bits per heavy atom. The van der Waals surface area contributed by atoms with Gasteiger partial charge in [0.2, 0.25) is 11.6 Å². The summed E-state index contributed by atoms with van der Waals surface area (Å²) in [5, 5.41) is 0. The van der Waals surface area contributed by atoms with Crippen molar-refractivity contribution in [2.45, 2.75) is 29.8 Å². The molecule has 32 heavy (non-hydrogen) atoms. The molecule has 0 atom stereocenters. The number of halogens is 3. The van der Waals surface area contributed by atoms with Crippen LogP contribution in [0, 0.1) is 0 Å². The molecule has 4 aromatic rings. The zero-order valence-corrected chi connectivity index (χ0v) is 17.5. The molecule has 0 unspecified atom stereocenters. The lowest BCUT2D eigenvalue weighted by Gasteiger charge is -2.08. The maximum Gasteiger partial charge on any atom is 0.417 e. The van der Waals surface area contributed by atoms with Gasteiger partial charge in [0.1, 0.15) is 11.2 Å². The summed E-state index contributed by atoms with van der Waals surface area (Å²) >= 11 is 0. The molecular weight excluding hydrogens is 443 g/mol. The lowest BCUT2D eigenvalue weighted by Crippen LogP contribution is -2.05. The van der Waals surface area contributed by atoms with Gasteiger partial charge in [-0.15, -0.1) is 0 Å². The molecule has 6 nitrogen and oxygen atoms in total. The highest BCUT2D eigenvalue weighted by atomic mass is 32.2. The largest absolute Gasteiger partial charge is 0.417 e. The molecule has 0 amide bonds. The highest BCUT2D eigenvalue weighted by Crippen LogP contribution is 2.40. The van der Waals surface area contributed by atoms with Gasteiger partial charge in [-0.1, -0.05) is 24.3 Å². The number of benzene rings is 1. The van der Waals surface area contributed by atoms with Gasteiger partial charge in [0.05, 0.1) is 10.5 Å². The number of rotatable bonds is 4. The highest BCUT2D eigenvalue weighted by Gasteiger charge is 2.32. The molecule has 3 heterocycles. The Hall–Kier alpha value is -3.27. The molecule has 0 spiro atoms. The standard InChI is InChI=1S/C22H16F3N3O3S/c1-32(29,30)18-8-15(14-6-4-13(5-7-14)12-2-3-12)10-26-19(18)21-28-17-9-16(22(23,24)25)11-27-20(17)31-21/h4-12H,2-3H2,1H3. The molecule has 3 aromatic heterocycles. The molecular formula is C22H16F3N3O3S. The smallest absolute Gasteiger partial charge is 0.416 e. The van der Waals surface area contributed by atoms with Gasteiger partial charge in [-0.25, -0.2) is 23.4 Å². The number of oxazole rings is 1. The first-order valence-corrected chi connectivity index (χ1v) is 11.6. The Bertz CT molecular complexity index is 1440. The Morgan fingerprint density at radius 3 is 2.34 bits per heavy atom. The number of pyridine rings is 2. The first kappa shape index (κ1) is 20.6. The van der Waals surface area contributed by atoms with Gasteiger partial charge < -0.3 is 4.42 Å². The summed E-state index contributed by atoms with van der Waals surface area (Å²) in [5.41, 5.74) is 1.28. The van der Waals surface area contributed by atoms with Crippen molar-refractivity contribution in [2.75, 3.05) is 6.26 Å². The van der Waals surface area contributed by atoms with Gasteiger partial charge >= 0.3 is 6.18 Å². The van der Waals surface area contributed by atoms with Crippen LogP contribution in [0.5, 0.6) is 0 Å². The second-order valence-corrected chi connectivity index (χ2v) is 9.79. The van der Waals surface area contributed by atoms with Gasteiger partial charge in [0.25, 0.3) is 0 Å². The van der Waals surface area contributed by atoms with Crippen LogP contribution >= 0.6 is 0 Å². The second-order valence-electron chi connectivity index (χ2n) is 7.80. The van der Waals surface area contributed by atoms with Crippen molar-refractivity contribution in [1.29, 1.82) is 0 Å². The number of aromatic nitrogens is 3. The monoisotopic (exact) mass is 459 g/mol. The van der Waals surface area contributed by atoms with Crippen LogP contribution in [0.4, 0.5) is 13.2 Å². The van der Waals surface area contributed by atoms with Crippen LogP contribution in [0.3, 0.4) is 0 Å². The zero-order valence-electron chi connectivity index (χ0n) is 16.7. The fourth-order valence-corrected chi connectivity index (χ4v) is 4.32. The van der Waals surface area contributed by atoms with E-state index in [-0.39, 0.29) is 27.7 Å². The van der Waals surface area contributed by atoms with Crippen molar-refractivity contribution in [2.24, 2.45) is 0 Å². The van der Waals surface area contributed by atoms with Gasteiger partial charge in [-0.3, -0.25) is 0 Å². The normalized spacial score (nSPS) is 14.8. The third kappa shape index (κ3) is 3.86. The topological polar surface area (TPSA) is 86.0 Å². The molecule has 0 radical (unpaired) electrons. The molecule has 1 fully saturated rings. The molecule has 10 heteroatoms. The van der Waals surface area contributed by atoms with E-state index in [0.717, 1.165) is 17.9 Å². The van der Waals surface area contributed by atoms with E-state index in [9.17, 15) is 21.6 Å². The van der Waals surface area contributed by atoms with Crippen molar-refractivity contribution in [3.05, 3.63) is 59.9 Å². The van der Waals surface area contributed by atoms with E-state index in [1.165, 1.54) is 30.7 Å². The molecule has 1 aliphatic rings. The fourth-order valence-electron chi connectivity index (χ4n) is 3.49. The van der Waals surface area contributed by atoms with E-state index in [0.29, 0.717) is 17.7 Å². The molecule has 0 saturated heterocycles. The van der Waals surface area contributed by atoms with Gasteiger partial charge in [0.15, 0.2) is 9.84 Å². The average Bonchev–Trinajstić information content (AvgIpc) is 3.50. The van der Waals surface area contributed by atoms with Crippen LogP contribution in [-0.2, 0) is 16.0 Å². The predicted molar refractivity (Wildman–Crippen MR) is 111 cm³/mol. The maximum absolute atomic E-state index is 13.0. The zero-order chi connectivity index (χ0) is 22.7. The SMILES string of the molecule is CS(=O)(=O)c1cc(-c2ccc(C3CC3)cc2)cnc1-c1nc2cc(C(F)(F)F)cnc2o1. The number of hydrogen-bond acceptors (Lipinski definition) is 6. The van der Waals surface area contributed by atoms with Crippen molar-refractivity contribution in [3.63, 3.8) is 0 Å². The van der Waals surface area contributed by atoms with E-state index in [2.05, 4.69) is 15.0 Å². The lowest BCUT2D eigenvalue weighted by atomic mass is 10.0. The summed E-state index contributed by atoms with van der Waals surface area (Å²) in [5.74, 6) is 0.379. The molecule has 0 aliphatic heterocycles. The Kier molecular flexibility index (Phi) is 4.59. The summed E-state index contributed by atoms with van der Waals surface area (Å²) in [6.07, 6.45) is 0.912. The van der Waals surface area contributed by atoms with Crippen molar-refractivity contribution < 1.29 is 26.0 Å². The number of hydrogen-bond donors (Lipinski definition) is 0. The number of nitrogens with zero attached hydrogens (tertiary/aromatic N) is 3. The first-order valence-electron chi connectivity index (χ1n) is 9.74. The van der Waals surface area contributed by atoms with Crippen LogP contribution in [0.25, 0.3) is 33.9 Å². The number of alkyl halides is 3. The van der Waals surface area contributed by atoms with Gasteiger partial charge in [0, 0.05) is 24.2 Å². The Labute approximate surface area is 181 Å². The molecule has 5 rings (SSSR count). The van der Waals surface area contributed by atoms with Crippen LogP contribution < -0.4 is 0 Å². The molecule has 164 valence electrons. The molecule has 0 bridgehead atoms. The molecule has 1 aromatic carbocycles. The van der Waals surface area contributed by atoms with Crippen LogP contribution in [0.2, 0.25) is 0 Å². The van der Waals surface area contributed by atoms with Crippen molar-refractivity contribution in [3.8, 4) is 22.7 Å². The van der Waals surface area contributed by atoms with Crippen molar-refractivity contribution in [1.82, 2.24) is 15.0 Å². The van der Waals surface area contributed by atoms with Crippen LogP contribution in [-0.4, -0.2) is 29.6 Å². The highest BCUT2D eigenvalue weighted by molar-refractivity contribution is 7.90. The van der Waals surface area contributed by atoms with Crippen LogP contribution in [0.15, 0.2) is 58.1 Å².